The van der Waals surface area contributed by atoms with Gasteiger partial charge in [0, 0.05) is 13.0 Å². The standard InChI is InChI=1S/C17H24FNO4/c1-17(2,3)23-16(21)19-8-9-22-11-14(19)15(20)10-12-6-4-5-7-13(12)18/h4-7,14-15,20H,8-11H2,1-3H3. The number of carbonyl (C=O) groups excluding carboxylic acids is 1. The lowest BCUT2D eigenvalue weighted by atomic mass is 10.0. The van der Waals surface area contributed by atoms with Gasteiger partial charge in [-0.3, -0.25) is 4.90 Å². The third kappa shape index (κ3) is 4.91. The smallest absolute Gasteiger partial charge is 0.410 e. The second-order valence-electron chi connectivity index (χ2n) is 6.68. The van der Waals surface area contributed by atoms with Crippen LogP contribution in [0.2, 0.25) is 0 Å². The number of benzene rings is 1. The molecule has 0 radical (unpaired) electrons. The highest BCUT2D eigenvalue weighted by molar-refractivity contribution is 5.68. The molecule has 128 valence electrons. The number of aliphatic hydroxyl groups excluding tert-OH is 1. The SMILES string of the molecule is CC(C)(C)OC(=O)N1CCOCC1C(O)Cc1ccccc1F. The highest BCUT2D eigenvalue weighted by atomic mass is 19.1. The van der Waals surface area contributed by atoms with Crippen LogP contribution >= 0.6 is 0 Å². The zero-order valence-corrected chi connectivity index (χ0v) is 13.8. The molecule has 1 aliphatic heterocycles. The lowest BCUT2D eigenvalue weighted by Crippen LogP contribution is -2.55. The van der Waals surface area contributed by atoms with Crippen LogP contribution in [0.4, 0.5) is 9.18 Å². The fraction of sp³-hybridized carbons (Fsp3) is 0.588. The van der Waals surface area contributed by atoms with Crippen LogP contribution in [0, 0.1) is 5.82 Å². The van der Waals surface area contributed by atoms with E-state index in [0.717, 1.165) is 0 Å². The van der Waals surface area contributed by atoms with Gasteiger partial charge in [0.2, 0.25) is 0 Å². The summed E-state index contributed by atoms with van der Waals surface area (Å²) in [7, 11) is 0. The molecule has 0 spiro atoms. The van der Waals surface area contributed by atoms with Gasteiger partial charge in [-0.2, -0.15) is 0 Å². The Hall–Kier alpha value is -1.66. The molecule has 1 N–H and O–H groups in total. The van der Waals surface area contributed by atoms with Crippen molar-refractivity contribution in [1.82, 2.24) is 4.90 Å². The van der Waals surface area contributed by atoms with Crippen LogP contribution in [0.25, 0.3) is 0 Å². The van der Waals surface area contributed by atoms with Crippen molar-refractivity contribution >= 4 is 6.09 Å². The Bertz CT molecular complexity index is 544. The monoisotopic (exact) mass is 325 g/mol. The maximum absolute atomic E-state index is 13.7. The summed E-state index contributed by atoms with van der Waals surface area (Å²) in [6, 6.07) is 5.74. The Balaban J connectivity index is 2.08. The van der Waals surface area contributed by atoms with Gasteiger partial charge in [0.15, 0.2) is 0 Å². The number of aliphatic hydroxyl groups is 1. The molecule has 1 heterocycles. The Morgan fingerprint density at radius 2 is 2.17 bits per heavy atom. The molecular formula is C17H24FNO4. The van der Waals surface area contributed by atoms with E-state index in [-0.39, 0.29) is 18.8 Å². The number of halogens is 1. The van der Waals surface area contributed by atoms with Crippen LogP contribution < -0.4 is 0 Å². The maximum Gasteiger partial charge on any atom is 0.410 e. The van der Waals surface area contributed by atoms with Crippen molar-refractivity contribution in [3.05, 3.63) is 35.6 Å². The predicted molar refractivity (Wildman–Crippen MR) is 83.7 cm³/mol. The van der Waals surface area contributed by atoms with E-state index in [1.54, 1.807) is 39.0 Å². The van der Waals surface area contributed by atoms with E-state index < -0.39 is 23.8 Å². The molecule has 1 fully saturated rings. The van der Waals surface area contributed by atoms with Gasteiger partial charge >= 0.3 is 6.09 Å². The molecule has 1 saturated heterocycles. The zero-order chi connectivity index (χ0) is 17.0. The van der Waals surface area contributed by atoms with Crippen molar-refractivity contribution in [2.45, 2.75) is 44.9 Å². The van der Waals surface area contributed by atoms with Crippen molar-refractivity contribution in [1.29, 1.82) is 0 Å². The summed E-state index contributed by atoms with van der Waals surface area (Å²) in [5.74, 6) is -0.368. The van der Waals surface area contributed by atoms with Crippen LogP contribution in [0.5, 0.6) is 0 Å². The second kappa shape index (κ2) is 7.27. The topological polar surface area (TPSA) is 59.0 Å². The van der Waals surface area contributed by atoms with Gasteiger partial charge in [0.05, 0.1) is 25.4 Å². The summed E-state index contributed by atoms with van der Waals surface area (Å²) in [5, 5.41) is 10.5. The van der Waals surface area contributed by atoms with E-state index in [1.807, 2.05) is 0 Å². The average Bonchev–Trinajstić information content (AvgIpc) is 2.48. The lowest BCUT2D eigenvalue weighted by Gasteiger charge is -2.38. The summed E-state index contributed by atoms with van der Waals surface area (Å²) < 4.78 is 24.5. The molecule has 2 rings (SSSR count). The summed E-state index contributed by atoms with van der Waals surface area (Å²) in [4.78, 5) is 13.8. The van der Waals surface area contributed by atoms with Crippen molar-refractivity contribution in [2.24, 2.45) is 0 Å². The predicted octanol–water partition coefficient (Wildman–Crippen LogP) is 2.37. The van der Waals surface area contributed by atoms with E-state index in [4.69, 9.17) is 9.47 Å². The first-order chi connectivity index (χ1) is 10.8. The molecule has 1 amide bonds. The van der Waals surface area contributed by atoms with Crippen molar-refractivity contribution in [2.75, 3.05) is 19.8 Å². The third-order valence-electron chi connectivity index (χ3n) is 3.62. The van der Waals surface area contributed by atoms with E-state index in [1.165, 1.54) is 11.0 Å². The normalized spacial score (nSPS) is 20.2. The number of hydrogen-bond acceptors (Lipinski definition) is 4. The summed E-state index contributed by atoms with van der Waals surface area (Å²) >= 11 is 0. The lowest BCUT2D eigenvalue weighted by molar-refractivity contribution is -0.0661. The van der Waals surface area contributed by atoms with Crippen molar-refractivity contribution in [3.8, 4) is 0 Å². The van der Waals surface area contributed by atoms with Gasteiger partial charge in [-0.15, -0.1) is 0 Å². The molecule has 1 aromatic carbocycles. The molecular weight excluding hydrogens is 301 g/mol. The van der Waals surface area contributed by atoms with Crippen molar-refractivity contribution in [3.63, 3.8) is 0 Å². The fourth-order valence-electron chi connectivity index (χ4n) is 2.51. The van der Waals surface area contributed by atoms with E-state index in [9.17, 15) is 14.3 Å². The summed E-state index contributed by atoms with van der Waals surface area (Å²) in [6.07, 6.45) is -1.31. The molecule has 5 nitrogen and oxygen atoms in total. The molecule has 0 aliphatic carbocycles. The van der Waals surface area contributed by atoms with Gasteiger partial charge in [-0.25, -0.2) is 9.18 Å². The minimum atomic E-state index is -0.931. The first-order valence-electron chi connectivity index (χ1n) is 7.77. The quantitative estimate of drug-likeness (QED) is 0.927. The minimum absolute atomic E-state index is 0.111. The number of ether oxygens (including phenoxy) is 2. The largest absolute Gasteiger partial charge is 0.444 e. The van der Waals surface area contributed by atoms with Crippen molar-refractivity contribution < 1.29 is 23.8 Å². The van der Waals surface area contributed by atoms with Crippen LogP contribution in [0.15, 0.2) is 24.3 Å². The van der Waals surface area contributed by atoms with Crippen LogP contribution in [0.3, 0.4) is 0 Å². The molecule has 6 heteroatoms. The van der Waals surface area contributed by atoms with Gasteiger partial charge < -0.3 is 14.6 Å². The van der Waals surface area contributed by atoms with Crippen LogP contribution in [-0.2, 0) is 15.9 Å². The third-order valence-corrected chi connectivity index (χ3v) is 3.62. The number of amides is 1. The zero-order valence-electron chi connectivity index (χ0n) is 13.8. The molecule has 0 saturated carbocycles. The Labute approximate surface area is 136 Å². The second-order valence-corrected chi connectivity index (χ2v) is 6.68. The van der Waals surface area contributed by atoms with E-state index in [2.05, 4.69) is 0 Å². The average molecular weight is 325 g/mol. The molecule has 23 heavy (non-hydrogen) atoms. The summed E-state index contributed by atoms with van der Waals surface area (Å²) in [6.45, 7) is 6.30. The Morgan fingerprint density at radius 3 is 2.83 bits per heavy atom. The fourth-order valence-corrected chi connectivity index (χ4v) is 2.51. The Morgan fingerprint density at radius 1 is 1.48 bits per heavy atom. The Kier molecular flexibility index (Phi) is 5.59. The first kappa shape index (κ1) is 17.7. The molecule has 1 aromatic rings. The minimum Gasteiger partial charge on any atom is -0.444 e. The van der Waals surface area contributed by atoms with Gasteiger partial charge in [0.25, 0.3) is 0 Å². The molecule has 0 aromatic heterocycles. The van der Waals surface area contributed by atoms with Gasteiger partial charge in [-0.05, 0) is 32.4 Å². The van der Waals surface area contributed by atoms with Gasteiger partial charge in [-0.1, -0.05) is 18.2 Å². The number of morpholine rings is 1. The summed E-state index contributed by atoms with van der Waals surface area (Å²) in [5.41, 5.74) is -0.203. The van der Waals surface area contributed by atoms with E-state index in [0.29, 0.717) is 18.7 Å². The van der Waals surface area contributed by atoms with Crippen LogP contribution in [0.1, 0.15) is 26.3 Å². The van der Waals surface area contributed by atoms with Crippen LogP contribution in [-0.4, -0.2) is 53.6 Å². The maximum atomic E-state index is 13.7. The molecule has 2 atom stereocenters. The number of carbonyl (C=O) groups is 1. The molecule has 2 unspecified atom stereocenters. The highest BCUT2D eigenvalue weighted by Gasteiger charge is 2.35. The first-order valence-corrected chi connectivity index (χ1v) is 7.77. The highest BCUT2D eigenvalue weighted by Crippen LogP contribution is 2.19. The number of rotatable bonds is 3. The molecule has 0 bridgehead atoms. The van der Waals surface area contributed by atoms with E-state index >= 15 is 0 Å². The number of hydrogen-bond donors (Lipinski definition) is 1. The number of nitrogens with zero attached hydrogens (tertiary/aromatic N) is 1. The van der Waals surface area contributed by atoms with Gasteiger partial charge in [0.1, 0.15) is 11.4 Å². The molecule has 1 aliphatic rings.